The van der Waals surface area contributed by atoms with Gasteiger partial charge in [-0.1, -0.05) is 78.9 Å². The van der Waals surface area contributed by atoms with E-state index in [1.54, 1.807) is 0 Å². The zero-order valence-electron chi connectivity index (χ0n) is 35.7. The summed E-state index contributed by atoms with van der Waals surface area (Å²) in [6.07, 6.45) is 20.8. The molecule has 16 rings (SSSR count). The van der Waals surface area contributed by atoms with E-state index in [4.69, 9.17) is 0 Å². The quantitative estimate of drug-likeness (QED) is 0.150. The van der Waals surface area contributed by atoms with Crippen molar-refractivity contribution in [2.24, 2.45) is 0 Å². The number of benzene rings is 4. The van der Waals surface area contributed by atoms with Crippen LogP contribution in [0.2, 0.25) is 0 Å². The zero-order chi connectivity index (χ0) is 42.1. The first-order chi connectivity index (χ1) is 31.7. The van der Waals surface area contributed by atoms with E-state index in [0.717, 1.165) is 44.3 Å². The summed E-state index contributed by atoms with van der Waals surface area (Å²) in [5.41, 5.74) is 20.8. The molecule has 0 spiro atoms. The average molecular weight is 833 g/mol. The minimum Gasteiger partial charge on any atom is -0.337 e. The molecule has 0 amide bonds. The number of hydrogen-bond acceptors (Lipinski definition) is 8. The molecule has 8 heteroatoms. The van der Waals surface area contributed by atoms with Gasteiger partial charge in [-0.05, 0) is 138 Å². The van der Waals surface area contributed by atoms with Crippen LogP contribution >= 0.6 is 0 Å². The highest BCUT2D eigenvalue weighted by atomic mass is 15.3. The van der Waals surface area contributed by atoms with E-state index in [9.17, 15) is 0 Å². The maximum absolute atomic E-state index is 4.53. The Morgan fingerprint density at radius 1 is 0.297 bits per heavy atom. The second kappa shape index (κ2) is 15.2. The minimum absolute atomic E-state index is 0.599. The fourth-order valence-corrected chi connectivity index (χ4v) is 12.0. The smallest absolute Gasteiger partial charge is 0.136 e. The van der Waals surface area contributed by atoms with E-state index in [1.165, 1.54) is 97.3 Å². The van der Waals surface area contributed by atoms with Crippen LogP contribution in [0.1, 0.15) is 44.6 Å². The molecule has 8 aliphatic rings. The van der Waals surface area contributed by atoms with E-state index in [0.29, 0.717) is 24.2 Å². The lowest BCUT2D eigenvalue weighted by Crippen LogP contribution is -2.22. The summed E-state index contributed by atoms with van der Waals surface area (Å²) in [6, 6.07) is 50.0. The van der Waals surface area contributed by atoms with Gasteiger partial charge in [0.1, 0.15) is 5.82 Å². The van der Waals surface area contributed by atoms with Crippen molar-refractivity contribution < 1.29 is 0 Å². The van der Waals surface area contributed by atoms with Crippen LogP contribution in [0.5, 0.6) is 0 Å². The van der Waals surface area contributed by atoms with Crippen LogP contribution in [0.4, 0.5) is 45.6 Å². The molecule has 8 aliphatic heterocycles. The molecule has 0 aliphatic carbocycles. The van der Waals surface area contributed by atoms with Gasteiger partial charge in [-0.2, -0.15) is 0 Å². The van der Waals surface area contributed by atoms with Crippen molar-refractivity contribution in [2.45, 2.75) is 75.5 Å². The third kappa shape index (κ3) is 6.10. The Morgan fingerprint density at radius 2 is 0.703 bits per heavy atom. The highest BCUT2D eigenvalue weighted by molar-refractivity contribution is 5.79. The highest BCUT2D eigenvalue weighted by Gasteiger charge is 2.40. The molecule has 0 saturated heterocycles. The van der Waals surface area contributed by atoms with Gasteiger partial charge in [0.05, 0.1) is 23.3 Å². The predicted octanol–water partition coefficient (Wildman–Crippen LogP) is 10.8. The maximum atomic E-state index is 4.53. The van der Waals surface area contributed by atoms with Crippen molar-refractivity contribution in [1.82, 2.24) is 19.9 Å². The Labute approximate surface area is 374 Å². The first-order valence-electron chi connectivity index (χ1n) is 23.0. The standard InChI is InChI=1S/4C14H12N2/c1-2-6-13-10(4-1)8-12-9-11-5-3-7-15-14(11)16(12)13;1-2-5-13-10(4-1)8-11-9-12-14(16(11)13)6-3-7-15-12;1-2-4-13-10(3-1)7-12-8-11-9-15-6-5-14(11)16(12)13;1-2-4-13-10(3-1)7-12-8-11-5-6-15-9-14(11)16(12)13/h1-7,12H,8-9H2;1-7,11H,8-9H2;2*1-6,9,12H,7-8H2. The van der Waals surface area contributed by atoms with Gasteiger partial charge in [0, 0.05) is 90.0 Å². The lowest BCUT2D eigenvalue weighted by atomic mass is 10.1. The van der Waals surface area contributed by atoms with Crippen LogP contribution in [0.15, 0.2) is 171 Å². The van der Waals surface area contributed by atoms with Crippen molar-refractivity contribution >= 4 is 45.6 Å². The van der Waals surface area contributed by atoms with Crippen LogP contribution in [0, 0.1) is 0 Å². The van der Waals surface area contributed by atoms with Crippen LogP contribution < -0.4 is 19.6 Å². The number of pyridine rings is 4. The van der Waals surface area contributed by atoms with E-state index in [2.05, 4.69) is 161 Å². The van der Waals surface area contributed by atoms with Crippen molar-refractivity contribution in [1.29, 1.82) is 0 Å². The summed E-state index contributed by atoms with van der Waals surface area (Å²) >= 11 is 0. The minimum atomic E-state index is 0.599. The van der Waals surface area contributed by atoms with Gasteiger partial charge < -0.3 is 19.6 Å². The number of anilines is 8. The summed E-state index contributed by atoms with van der Waals surface area (Å²) in [5, 5.41) is 0. The van der Waals surface area contributed by atoms with Gasteiger partial charge in [0.2, 0.25) is 0 Å². The third-order valence-electron chi connectivity index (χ3n) is 14.6. The molecule has 64 heavy (non-hydrogen) atoms. The fraction of sp³-hybridized carbons (Fsp3) is 0.214. The Morgan fingerprint density at radius 3 is 1.36 bits per heavy atom. The Hall–Kier alpha value is -7.32. The molecule has 4 atom stereocenters. The van der Waals surface area contributed by atoms with Gasteiger partial charge in [0.15, 0.2) is 0 Å². The molecule has 4 aromatic heterocycles. The Bertz CT molecular complexity index is 2460. The number of fused-ring (bicyclic) bond motifs is 20. The topological polar surface area (TPSA) is 64.5 Å². The van der Waals surface area contributed by atoms with Crippen LogP contribution in [0.3, 0.4) is 0 Å². The molecular formula is C56H48N8. The average Bonchev–Trinajstić information content (AvgIpc) is 4.21. The van der Waals surface area contributed by atoms with Crippen LogP contribution in [0.25, 0.3) is 0 Å². The third-order valence-corrected chi connectivity index (χ3v) is 14.6. The van der Waals surface area contributed by atoms with Crippen molar-refractivity contribution in [3.8, 4) is 0 Å². The van der Waals surface area contributed by atoms with Crippen LogP contribution in [-0.2, 0) is 51.4 Å². The van der Waals surface area contributed by atoms with E-state index < -0.39 is 0 Å². The van der Waals surface area contributed by atoms with Gasteiger partial charge in [0.25, 0.3) is 0 Å². The number of aromatic nitrogens is 4. The zero-order valence-corrected chi connectivity index (χ0v) is 35.7. The van der Waals surface area contributed by atoms with Gasteiger partial charge in [-0.15, -0.1) is 0 Å². The Kier molecular flexibility index (Phi) is 8.84. The summed E-state index contributed by atoms with van der Waals surface area (Å²) in [7, 11) is 0. The van der Waals surface area contributed by atoms with E-state index in [-0.39, 0.29) is 0 Å². The molecule has 312 valence electrons. The second-order valence-corrected chi connectivity index (χ2v) is 18.2. The molecule has 0 saturated carbocycles. The summed E-state index contributed by atoms with van der Waals surface area (Å²) in [6.45, 7) is 0. The SMILES string of the molecule is c1ccc2c(c1)CC1Cc3cccnc3N21.c1ccc2c(c1)CC1Cc3ccncc3N21.c1ccc2c(c1)CC1Cc3cnccc3N21.c1ccc2c(c1)CC1Cc3ncccc3N21. The van der Waals surface area contributed by atoms with Crippen LogP contribution in [-0.4, -0.2) is 44.1 Å². The molecule has 0 bridgehead atoms. The van der Waals surface area contributed by atoms with Gasteiger partial charge >= 0.3 is 0 Å². The molecule has 12 heterocycles. The van der Waals surface area contributed by atoms with Crippen molar-refractivity contribution in [3.63, 3.8) is 0 Å². The van der Waals surface area contributed by atoms with Crippen molar-refractivity contribution in [3.05, 3.63) is 215 Å². The molecule has 8 nitrogen and oxygen atoms in total. The fourth-order valence-electron chi connectivity index (χ4n) is 12.0. The number of para-hydroxylation sites is 4. The number of rotatable bonds is 0. The normalized spacial score (nSPS) is 20.5. The van der Waals surface area contributed by atoms with E-state index >= 15 is 0 Å². The molecule has 0 radical (unpaired) electrons. The predicted molar refractivity (Wildman–Crippen MR) is 256 cm³/mol. The lowest BCUT2D eigenvalue weighted by molar-refractivity contribution is 0.718. The molecular weight excluding hydrogens is 785 g/mol. The highest BCUT2D eigenvalue weighted by Crippen LogP contribution is 2.48. The number of hydrogen-bond donors (Lipinski definition) is 0. The molecule has 0 N–H and O–H groups in total. The Balaban J connectivity index is 0.0000000860. The second-order valence-electron chi connectivity index (χ2n) is 18.2. The number of nitrogens with zero attached hydrogens (tertiary/aromatic N) is 8. The van der Waals surface area contributed by atoms with Gasteiger partial charge in [-0.3, -0.25) is 15.0 Å². The largest absolute Gasteiger partial charge is 0.337 e. The summed E-state index contributed by atoms with van der Waals surface area (Å²) in [4.78, 5) is 27.3. The molecule has 8 aromatic rings. The summed E-state index contributed by atoms with van der Waals surface area (Å²) < 4.78 is 0. The molecule has 4 unspecified atom stereocenters. The first-order valence-corrected chi connectivity index (χ1v) is 23.0. The van der Waals surface area contributed by atoms with Gasteiger partial charge in [-0.25, -0.2) is 4.98 Å². The summed E-state index contributed by atoms with van der Waals surface area (Å²) in [5.74, 6) is 1.16. The molecule has 4 aromatic carbocycles. The first kappa shape index (κ1) is 37.3. The monoisotopic (exact) mass is 832 g/mol. The van der Waals surface area contributed by atoms with E-state index in [1.807, 2.05) is 49.3 Å². The maximum Gasteiger partial charge on any atom is 0.136 e. The van der Waals surface area contributed by atoms with Crippen molar-refractivity contribution in [2.75, 3.05) is 19.6 Å². The molecule has 0 fully saturated rings. The lowest BCUT2D eigenvalue weighted by Gasteiger charge is -2.19.